The number of anilines is 1. The number of rotatable bonds is 7. The molecule has 0 saturated carbocycles. The van der Waals surface area contributed by atoms with Crippen LogP contribution >= 0.6 is 0 Å². The molecule has 0 radical (unpaired) electrons. The molecule has 11 heteroatoms. The number of esters is 1. The van der Waals surface area contributed by atoms with Gasteiger partial charge in [-0.2, -0.15) is 0 Å². The Hall–Kier alpha value is -4.54. The maximum Gasteiger partial charge on any atom is 0.411 e. The van der Waals surface area contributed by atoms with E-state index in [0.717, 1.165) is 0 Å². The lowest BCUT2D eigenvalue weighted by Gasteiger charge is -2.10. The zero-order chi connectivity index (χ0) is 24.1. The van der Waals surface area contributed by atoms with Crippen LogP contribution in [0, 0.1) is 0 Å². The summed E-state index contributed by atoms with van der Waals surface area (Å²) in [6, 6.07) is 10.6. The zero-order valence-electron chi connectivity index (χ0n) is 18.0. The lowest BCUT2D eigenvalue weighted by Crippen LogP contribution is -2.30. The molecule has 4 rings (SSSR count). The van der Waals surface area contributed by atoms with Crippen LogP contribution in [0.5, 0.6) is 11.5 Å². The third-order valence-corrected chi connectivity index (χ3v) is 4.77. The third-order valence-electron chi connectivity index (χ3n) is 4.77. The van der Waals surface area contributed by atoms with Crippen molar-refractivity contribution in [2.45, 2.75) is 13.5 Å². The van der Waals surface area contributed by atoms with Gasteiger partial charge in [0, 0.05) is 34.3 Å². The Balaban J connectivity index is 1.36. The quantitative estimate of drug-likeness (QED) is 0.395. The van der Waals surface area contributed by atoms with Gasteiger partial charge in [-0.15, -0.1) is 0 Å². The molecule has 0 spiro atoms. The predicted octanol–water partition coefficient (Wildman–Crippen LogP) is 2.56. The molecule has 2 aromatic carbocycles. The van der Waals surface area contributed by atoms with Gasteiger partial charge in [0.2, 0.25) is 6.79 Å². The van der Waals surface area contributed by atoms with Gasteiger partial charge in [-0.3, -0.25) is 14.9 Å². The lowest BCUT2D eigenvalue weighted by atomic mass is 10.1. The van der Waals surface area contributed by atoms with Crippen LogP contribution in [0.4, 0.5) is 10.5 Å². The maximum absolute atomic E-state index is 12.3. The molecule has 2 N–H and O–H groups in total. The third kappa shape index (κ3) is 5.26. The van der Waals surface area contributed by atoms with Crippen LogP contribution in [0.25, 0.3) is 11.0 Å². The van der Waals surface area contributed by atoms with Gasteiger partial charge in [-0.05, 0) is 37.3 Å². The van der Waals surface area contributed by atoms with Crippen molar-refractivity contribution in [3.8, 4) is 11.5 Å². The van der Waals surface area contributed by atoms with Gasteiger partial charge >= 0.3 is 17.7 Å². The van der Waals surface area contributed by atoms with Crippen LogP contribution < -0.4 is 25.7 Å². The van der Waals surface area contributed by atoms with Gasteiger partial charge in [0.05, 0.1) is 6.61 Å². The molecule has 0 aliphatic carbocycles. The van der Waals surface area contributed by atoms with Gasteiger partial charge in [-0.1, -0.05) is 0 Å². The van der Waals surface area contributed by atoms with E-state index < -0.39 is 23.6 Å². The second-order valence-corrected chi connectivity index (χ2v) is 7.06. The number of carbonyl (C=O) groups is 3. The SMILES string of the molecule is CCOC(=O)Nc1ccc2c(COC(=O)CNC(=O)c3ccc4c(c3)OCO4)cc(=O)oc2c1. The highest BCUT2D eigenvalue weighted by molar-refractivity contribution is 5.96. The van der Waals surface area contributed by atoms with Gasteiger partial charge in [-0.25, -0.2) is 9.59 Å². The van der Waals surface area contributed by atoms with Crippen molar-refractivity contribution in [1.29, 1.82) is 0 Å². The largest absolute Gasteiger partial charge is 0.459 e. The summed E-state index contributed by atoms with van der Waals surface area (Å²) in [4.78, 5) is 48.0. The Labute approximate surface area is 192 Å². The summed E-state index contributed by atoms with van der Waals surface area (Å²) in [5.41, 5.74) is 0.627. The summed E-state index contributed by atoms with van der Waals surface area (Å²) >= 11 is 0. The lowest BCUT2D eigenvalue weighted by molar-refractivity contribution is -0.143. The second-order valence-electron chi connectivity index (χ2n) is 7.06. The van der Waals surface area contributed by atoms with Crippen LogP contribution in [0.3, 0.4) is 0 Å². The van der Waals surface area contributed by atoms with Crippen molar-refractivity contribution in [3.63, 3.8) is 0 Å². The fourth-order valence-corrected chi connectivity index (χ4v) is 3.21. The first-order valence-corrected chi connectivity index (χ1v) is 10.3. The van der Waals surface area contributed by atoms with Crippen molar-refractivity contribution in [2.24, 2.45) is 0 Å². The first-order chi connectivity index (χ1) is 16.4. The molecule has 3 aromatic rings. The Morgan fingerprint density at radius 2 is 1.82 bits per heavy atom. The highest BCUT2D eigenvalue weighted by Crippen LogP contribution is 2.32. The normalized spacial score (nSPS) is 11.7. The molecule has 176 valence electrons. The summed E-state index contributed by atoms with van der Waals surface area (Å²) in [6.07, 6.45) is -0.642. The standard InChI is InChI=1S/C23H20N2O9/c1-2-30-23(29)25-15-4-5-16-14(8-20(26)34-18(16)9-15)11-31-21(27)10-24-22(28)13-3-6-17-19(7-13)33-12-32-17/h3-9H,2,10-12H2,1H3,(H,24,28)(H,25,29). The number of carbonyl (C=O) groups excluding carboxylic acids is 3. The molecule has 0 atom stereocenters. The molecule has 0 saturated heterocycles. The van der Waals surface area contributed by atoms with Gasteiger partial charge in [0.15, 0.2) is 11.5 Å². The minimum absolute atomic E-state index is 0.0858. The first-order valence-electron chi connectivity index (χ1n) is 10.3. The van der Waals surface area contributed by atoms with Crippen LogP contribution in [-0.4, -0.2) is 37.9 Å². The van der Waals surface area contributed by atoms with E-state index in [-0.39, 0.29) is 32.1 Å². The first kappa shape index (κ1) is 22.6. The fourth-order valence-electron chi connectivity index (χ4n) is 3.21. The highest BCUT2D eigenvalue weighted by atomic mass is 16.7. The van der Waals surface area contributed by atoms with E-state index in [1.807, 2.05) is 0 Å². The summed E-state index contributed by atoms with van der Waals surface area (Å²) in [6.45, 7) is 1.38. The molecule has 1 aliphatic rings. The van der Waals surface area contributed by atoms with Crippen LogP contribution in [0.15, 0.2) is 51.7 Å². The van der Waals surface area contributed by atoms with Crippen LogP contribution in [0.2, 0.25) is 0 Å². The van der Waals surface area contributed by atoms with Crippen molar-refractivity contribution in [1.82, 2.24) is 5.32 Å². The minimum atomic E-state index is -0.698. The van der Waals surface area contributed by atoms with Crippen molar-refractivity contribution in [3.05, 3.63) is 64.0 Å². The molecule has 2 heterocycles. The molecule has 0 fully saturated rings. The van der Waals surface area contributed by atoms with Gasteiger partial charge < -0.3 is 28.7 Å². The van der Waals surface area contributed by atoms with Crippen molar-refractivity contribution < 1.29 is 37.7 Å². The topological polar surface area (TPSA) is 142 Å². The number of benzene rings is 2. The summed E-state index contributed by atoms with van der Waals surface area (Å²) in [7, 11) is 0. The average Bonchev–Trinajstić information content (AvgIpc) is 3.28. The molecular weight excluding hydrogens is 448 g/mol. The number of fused-ring (bicyclic) bond motifs is 2. The van der Waals surface area contributed by atoms with E-state index in [1.54, 1.807) is 31.2 Å². The Morgan fingerprint density at radius 1 is 1.00 bits per heavy atom. The Kier molecular flexibility index (Phi) is 6.62. The molecule has 2 amide bonds. The fraction of sp³-hybridized carbons (Fsp3) is 0.217. The number of hydrogen-bond acceptors (Lipinski definition) is 9. The Morgan fingerprint density at radius 3 is 2.65 bits per heavy atom. The molecular formula is C23H20N2O9. The molecule has 11 nitrogen and oxygen atoms in total. The van der Waals surface area contributed by atoms with E-state index in [9.17, 15) is 19.2 Å². The van der Waals surface area contributed by atoms with E-state index in [4.69, 9.17) is 23.4 Å². The number of amides is 2. The highest BCUT2D eigenvalue weighted by Gasteiger charge is 2.17. The van der Waals surface area contributed by atoms with Crippen LogP contribution in [0.1, 0.15) is 22.8 Å². The summed E-state index contributed by atoms with van der Waals surface area (Å²) < 4.78 is 25.6. The summed E-state index contributed by atoms with van der Waals surface area (Å²) in [5.74, 6) is -0.191. The van der Waals surface area contributed by atoms with Gasteiger partial charge in [0.25, 0.3) is 5.91 Å². The predicted molar refractivity (Wildman–Crippen MR) is 118 cm³/mol. The number of hydrogen-bond donors (Lipinski definition) is 2. The molecule has 1 aliphatic heterocycles. The molecule has 1 aromatic heterocycles. The zero-order valence-corrected chi connectivity index (χ0v) is 18.0. The van der Waals surface area contributed by atoms with E-state index >= 15 is 0 Å². The van der Waals surface area contributed by atoms with Gasteiger partial charge in [0.1, 0.15) is 18.7 Å². The maximum atomic E-state index is 12.3. The molecule has 0 bridgehead atoms. The Bertz CT molecular complexity index is 1320. The second kappa shape index (κ2) is 9.94. The number of ether oxygens (including phenoxy) is 4. The smallest absolute Gasteiger partial charge is 0.411 e. The van der Waals surface area contributed by atoms with Crippen molar-refractivity contribution in [2.75, 3.05) is 25.3 Å². The summed E-state index contributed by atoms with van der Waals surface area (Å²) in [5, 5.41) is 5.50. The number of nitrogens with one attached hydrogen (secondary N) is 2. The molecule has 34 heavy (non-hydrogen) atoms. The van der Waals surface area contributed by atoms with E-state index in [0.29, 0.717) is 33.7 Å². The van der Waals surface area contributed by atoms with Crippen LogP contribution in [-0.2, 0) is 20.9 Å². The molecule has 0 unspecified atom stereocenters. The van der Waals surface area contributed by atoms with E-state index in [2.05, 4.69) is 10.6 Å². The van der Waals surface area contributed by atoms with Crippen molar-refractivity contribution >= 4 is 34.6 Å². The minimum Gasteiger partial charge on any atom is -0.459 e. The average molecular weight is 468 g/mol. The monoisotopic (exact) mass is 468 g/mol. The van der Waals surface area contributed by atoms with E-state index in [1.165, 1.54) is 18.2 Å².